The number of nitrogens with one attached hydrogen (secondary N) is 1. The highest BCUT2D eigenvalue weighted by Gasteiger charge is 2.22. The molecule has 0 radical (unpaired) electrons. The molecule has 1 rings (SSSR count). The lowest BCUT2D eigenvalue weighted by Crippen LogP contribution is -2.46. The fourth-order valence-electron chi connectivity index (χ4n) is 1.68. The summed E-state index contributed by atoms with van der Waals surface area (Å²) >= 11 is 0. The summed E-state index contributed by atoms with van der Waals surface area (Å²) in [4.78, 5) is 24.4. The molecule has 19 heavy (non-hydrogen) atoms. The van der Waals surface area contributed by atoms with Gasteiger partial charge in [-0.15, -0.1) is 0 Å². The van der Waals surface area contributed by atoms with Gasteiger partial charge in [0.25, 0.3) is 0 Å². The molecule has 0 fully saturated rings. The number of carboxylic acids is 1. The van der Waals surface area contributed by atoms with Crippen LogP contribution in [0.4, 0.5) is 4.79 Å². The Hall–Kier alpha value is -1.98. The molecule has 2 amide bonds. The van der Waals surface area contributed by atoms with E-state index in [9.17, 15) is 9.59 Å². The minimum Gasteiger partial charge on any atom is -0.480 e. The zero-order valence-corrected chi connectivity index (χ0v) is 11.4. The van der Waals surface area contributed by atoms with E-state index in [4.69, 9.17) is 9.52 Å². The second-order valence-electron chi connectivity index (χ2n) is 4.96. The molecule has 0 aliphatic heterocycles. The smallest absolute Gasteiger partial charge is 0.326 e. The summed E-state index contributed by atoms with van der Waals surface area (Å²) in [6.45, 7) is 4.20. The molecule has 1 atom stereocenters. The van der Waals surface area contributed by atoms with Gasteiger partial charge in [-0.1, -0.05) is 13.8 Å². The summed E-state index contributed by atoms with van der Waals surface area (Å²) in [6, 6.07) is 0.487. The molecule has 0 aliphatic carbocycles. The lowest BCUT2D eigenvalue weighted by molar-refractivity contribution is -0.139. The summed E-state index contributed by atoms with van der Waals surface area (Å²) in [5, 5.41) is 11.6. The van der Waals surface area contributed by atoms with Crippen LogP contribution >= 0.6 is 0 Å². The van der Waals surface area contributed by atoms with Crippen molar-refractivity contribution in [3.63, 3.8) is 0 Å². The molecule has 1 aromatic heterocycles. The SMILES string of the molecule is CC(C)C[C@@H](NC(=O)N(C)Cc1ccoc1)C(=O)O. The molecular weight excluding hydrogens is 248 g/mol. The van der Waals surface area contributed by atoms with E-state index >= 15 is 0 Å². The van der Waals surface area contributed by atoms with Crippen LogP contribution in [0, 0.1) is 5.92 Å². The Bertz CT molecular complexity index is 414. The van der Waals surface area contributed by atoms with Crippen LogP contribution in [0.5, 0.6) is 0 Å². The Kier molecular flexibility index (Phi) is 5.41. The Morgan fingerprint density at radius 3 is 2.63 bits per heavy atom. The number of carboxylic acid groups (broad SMARTS) is 1. The second kappa shape index (κ2) is 6.82. The third kappa shape index (κ3) is 5.03. The average Bonchev–Trinajstić information content (AvgIpc) is 2.79. The van der Waals surface area contributed by atoms with Crippen molar-refractivity contribution in [2.24, 2.45) is 5.92 Å². The number of furan rings is 1. The lowest BCUT2D eigenvalue weighted by atomic mass is 10.0. The minimum atomic E-state index is -1.02. The number of hydrogen-bond acceptors (Lipinski definition) is 3. The maximum atomic E-state index is 11.9. The summed E-state index contributed by atoms with van der Waals surface area (Å²) in [5.41, 5.74) is 0.855. The molecule has 6 nitrogen and oxygen atoms in total. The topological polar surface area (TPSA) is 82.8 Å². The van der Waals surface area contributed by atoms with Gasteiger partial charge in [0.15, 0.2) is 0 Å². The second-order valence-corrected chi connectivity index (χ2v) is 4.96. The zero-order valence-electron chi connectivity index (χ0n) is 11.4. The Morgan fingerprint density at radius 2 is 2.16 bits per heavy atom. The van der Waals surface area contributed by atoms with Gasteiger partial charge in [0.2, 0.25) is 0 Å². The van der Waals surface area contributed by atoms with Crippen LogP contribution in [0.2, 0.25) is 0 Å². The van der Waals surface area contributed by atoms with E-state index in [2.05, 4.69) is 5.32 Å². The van der Waals surface area contributed by atoms with Crippen LogP contribution in [0.3, 0.4) is 0 Å². The average molecular weight is 268 g/mol. The van der Waals surface area contributed by atoms with E-state index in [1.165, 1.54) is 11.2 Å². The lowest BCUT2D eigenvalue weighted by Gasteiger charge is -2.21. The van der Waals surface area contributed by atoms with Gasteiger partial charge < -0.3 is 19.7 Å². The van der Waals surface area contributed by atoms with Crippen molar-refractivity contribution < 1.29 is 19.1 Å². The van der Waals surface area contributed by atoms with Gasteiger partial charge in [-0.3, -0.25) is 0 Å². The molecule has 0 spiro atoms. The molecule has 0 aromatic carbocycles. The molecule has 1 aromatic rings. The Labute approximate surface area is 112 Å². The van der Waals surface area contributed by atoms with Crippen LogP contribution in [-0.2, 0) is 11.3 Å². The predicted octanol–water partition coefficient (Wildman–Crippen LogP) is 1.92. The molecule has 0 saturated carbocycles. The van der Waals surface area contributed by atoms with E-state index in [1.54, 1.807) is 19.4 Å². The number of hydrogen-bond donors (Lipinski definition) is 2. The van der Waals surface area contributed by atoms with Crippen molar-refractivity contribution >= 4 is 12.0 Å². The number of urea groups is 1. The van der Waals surface area contributed by atoms with Crippen LogP contribution in [0.15, 0.2) is 23.0 Å². The molecular formula is C13H20N2O4. The Balaban J connectivity index is 2.53. The fraction of sp³-hybridized carbons (Fsp3) is 0.538. The molecule has 1 heterocycles. The van der Waals surface area contributed by atoms with Crippen LogP contribution < -0.4 is 5.32 Å². The van der Waals surface area contributed by atoms with Crippen molar-refractivity contribution in [3.05, 3.63) is 24.2 Å². The summed E-state index contributed by atoms with van der Waals surface area (Å²) in [7, 11) is 1.61. The quantitative estimate of drug-likeness (QED) is 0.825. The van der Waals surface area contributed by atoms with Gasteiger partial charge in [-0.2, -0.15) is 0 Å². The molecule has 0 aliphatic rings. The number of aliphatic carboxylic acids is 1. The van der Waals surface area contributed by atoms with Gasteiger partial charge in [-0.05, 0) is 18.4 Å². The number of carbonyl (C=O) groups is 2. The number of amides is 2. The zero-order chi connectivity index (χ0) is 14.4. The maximum Gasteiger partial charge on any atom is 0.326 e. The van der Waals surface area contributed by atoms with Crippen LogP contribution in [0.25, 0.3) is 0 Å². The Morgan fingerprint density at radius 1 is 1.47 bits per heavy atom. The first-order chi connectivity index (χ1) is 8.90. The van der Waals surface area contributed by atoms with Gasteiger partial charge in [0.1, 0.15) is 6.04 Å². The van der Waals surface area contributed by atoms with Crippen molar-refractivity contribution in [2.45, 2.75) is 32.9 Å². The molecule has 0 unspecified atom stereocenters. The first kappa shape index (κ1) is 15.1. The van der Waals surface area contributed by atoms with Crippen molar-refractivity contribution in [1.29, 1.82) is 0 Å². The maximum absolute atomic E-state index is 11.9. The van der Waals surface area contributed by atoms with Crippen molar-refractivity contribution in [2.75, 3.05) is 7.05 Å². The number of carbonyl (C=O) groups excluding carboxylic acids is 1. The fourth-order valence-corrected chi connectivity index (χ4v) is 1.68. The summed E-state index contributed by atoms with van der Waals surface area (Å²) in [6.07, 6.45) is 3.48. The van der Waals surface area contributed by atoms with Crippen LogP contribution in [-0.4, -0.2) is 35.1 Å². The van der Waals surface area contributed by atoms with E-state index in [-0.39, 0.29) is 5.92 Å². The molecule has 2 N–H and O–H groups in total. The van der Waals surface area contributed by atoms with Gasteiger partial charge in [0, 0.05) is 12.6 Å². The van der Waals surface area contributed by atoms with Gasteiger partial charge in [0.05, 0.1) is 19.1 Å². The highest BCUT2D eigenvalue weighted by Crippen LogP contribution is 2.07. The van der Waals surface area contributed by atoms with E-state index in [0.717, 1.165) is 5.56 Å². The first-order valence-corrected chi connectivity index (χ1v) is 6.15. The summed E-state index contributed by atoms with van der Waals surface area (Å²) in [5.74, 6) is -0.820. The molecule has 0 saturated heterocycles. The summed E-state index contributed by atoms with van der Waals surface area (Å²) < 4.78 is 4.91. The van der Waals surface area contributed by atoms with Crippen molar-refractivity contribution in [3.8, 4) is 0 Å². The van der Waals surface area contributed by atoms with Crippen molar-refractivity contribution in [1.82, 2.24) is 10.2 Å². The highest BCUT2D eigenvalue weighted by molar-refractivity contribution is 5.82. The number of nitrogens with zero attached hydrogens (tertiary/aromatic N) is 1. The van der Waals surface area contributed by atoms with Gasteiger partial charge >= 0.3 is 12.0 Å². The van der Waals surface area contributed by atoms with E-state index in [0.29, 0.717) is 13.0 Å². The van der Waals surface area contributed by atoms with E-state index in [1.807, 2.05) is 13.8 Å². The number of rotatable bonds is 6. The first-order valence-electron chi connectivity index (χ1n) is 6.15. The van der Waals surface area contributed by atoms with Crippen LogP contribution in [0.1, 0.15) is 25.8 Å². The highest BCUT2D eigenvalue weighted by atomic mass is 16.4. The standard InChI is InChI=1S/C13H20N2O4/c1-9(2)6-11(12(16)17)14-13(18)15(3)7-10-4-5-19-8-10/h4-5,8-9,11H,6-7H2,1-3H3,(H,14,18)(H,16,17)/t11-/m1/s1. The molecule has 106 valence electrons. The third-order valence-electron chi connectivity index (χ3n) is 2.65. The molecule has 6 heteroatoms. The van der Waals surface area contributed by atoms with E-state index < -0.39 is 18.0 Å². The van der Waals surface area contributed by atoms with Gasteiger partial charge in [-0.25, -0.2) is 9.59 Å². The third-order valence-corrected chi connectivity index (χ3v) is 2.65. The molecule has 0 bridgehead atoms. The predicted molar refractivity (Wildman–Crippen MR) is 69.6 cm³/mol. The minimum absolute atomic E-state index is 0.195. The largest absolute Gasteiger partial charge is 0.480 e. The normalized spacial score (nSPS) is 12.2. The monoisotopic (exact) mass is 268 g/mol.